The Hall–Kier alpha value is -5.08. The molecular formula is C40H54N8O5. The molecule has 0 radical (unpaired) electrons. The first-order valence-electron chi connectivity index (χ1n) is 18.6. The number of benzene rings is 2. The number of nitrogens with zero attached hydrogens (tertiary/aromatic N) is 4. The van der Waals surface area contributed by atoms with Crippen molar-refractivity contribution < 1.29 is 24.3 Å². The van der Waals surface area contributed by atoms with E-state index < -0.39 is 6.10 Å². The summed E-state index contributed by atoms with van der Waals surface area (Å²) in [5.41, 5.74) is 15.3. The van der Waals surface area contributed by atoms with Crippen LogP contribution in [0.15, 0.2) is 48.5 Å². The minimum Gasteiger partial charge on any atom is -0.383 e. The Labute approximate surface area is 313 Å². The van der Waals surface area contributed by atoms with E-state index in [0.29, 0.717) is 111 Å². The van der Waals surface area contributed by atoms with Crippen molar-refractivity contribution in [3.8, 4) is 23.7 Å². The zero-order chi connectivity index (χ0) is 37.8. The number of carbonyl (C=O) groups excluding carboxylic acids is 4. The minimum atomic E-state index is -1.10. The summed E-state index contributed by atoms with van der Waals surface area (Å²) < 4.78 is 0. The molecule has 6 amide bonds. The van der Waals surface area contributed by atoms with E-state index >= 15 is 0 Å². The third kappa shape index (κ3) is 13.8. The van der Waals surface area contributed by atoms with Crippen LogP contribution in [0.25, 0.3) is 0 Å². The van der Waals surface area contributed by atoms with Crippen molar-refractivity contribution in [3.05, 3.63) is 70.8 Å². The molecule has 0 saturated carbocycles. The van der Waals surface area contributed by atoms with Gasteiger partial charge in [-0.15, -0.1) is 0 Å². The van der Waals surface area contributed by atoms with Crippen LogP contribution in [0.2, 0.25) is 0 Å². The van der Waals surface area contributed by atoms with Crippen LogP contribution < -0.4 is 22.1 Å². The first kappa shape index (κ1) is 40.7. The van der Waals surface area contributed by atoms with E-state index in [4.69, 9.17) is 11.5 Å². The number of hydrogen-bond acceptors (Lipinski definition) is 7. The fourth-order valence-electron chi connectivity index (χ4n) is 6.03. The zero-order valence-electron chi connectivity index (χ0n) is 30.7. The van der Waals surface area contributed by atoms with Gasteiger partial charge in [-0.25, -0.2) is 9.59 Å². The maximum Gasteiger partial charge on any atom is 0.317 e. The van der Waals surface area contributed by atoms with Crippen molar-refractivity contribution in [2.75, 3.05) is 52.4 Å². The fourth-order valence-corrected chi connectivity index (χ4v) is 6.03. The summed E-state index contributed by atoms with van der Waals surface area (Å²) in [6, 6.07) is 15.3. The molecule has 7 N–H and O–H groups in total. The fraction of sp³-hybridized carbons (Fsp3) is 0.500. The third-order valence-corrected chi connectivity index (χ3v) is 9.45. The summed E-state index contributed by atoms with van der Waals surface area (Å²) in [6.07, 6.45) is 2.95. The van der Waals surface area contributed by atoms with Crippen LogP contribution in [0, 0.1) is 23.7 Å². The highest BCUT2D eigenvalue weighted by Gasteiger charge is 2.28. The van der Waals surface area contributed by atoms with E-state index in [1.54, 1.807) is 14.7 Å². The molecule has 2 aliphatic heterocycles. The molecule has 53 heavy (non-hydrogen) atoms. The third-order valence-electron chi connectivity index (χ3n) is 9.45. The van der Waals surface area contributed by atoms with Crippen molar-refractivity contribution in [2.45, 2.75) is 77.2 Å². The number of piperazine rings is 2. The van der Waals surface area contributed by atoms with Gasteiger partial charge in [-0.1, -0.05) is 60.4 Å². The molecule has 13 nitrogen and oxygen atoms in total. The second-order valence-electron chi connectivity index (χ2n) is 13.3. The average molecular weight is 727 g/mol. The predicted octanol–water partition coefficient (Wildman–Crippen LogP) is 2.11. The smallest absolute Gasteiger partial charge is 0.317 e. The van der Waals surface area contributed by atoms with E-state index in [0.717, 1.165) is 35.1 Å². The van der Waals surface area contributed by atoms with Crippen molar-refractivity contribution in [3.63, 3.8) is 0 Å². The van der Waals surface area contributed by atoms with Crippen molar-refractivity contribution in [1.82, 2.24) is 30.2 Å². The Kier molecular flexibility index (Phi) is 17.0. The quantitative estimate of drug-likeness (QED) is 0.146. The van der Waals surface area contributed by atoms with E-state index in [2.05, 4.69) is 34.3 Å². The van der Waals surface area contributed by atoms with Gasteiger partial charge in [0.1, 0.15) is 6.10 Å². The van der Waals surface area contributed by atoms with Gasteiger partial charge in [0.25, 0.3) is 5.91 Å². The van der Waals surface area contributed by atoms with Crippen molar-refractivity contribution >= 4 is 23.9 Å². The number of urea groups is 2. The molecule has 13 heteroatoms. The molecule has 2 fully saturated rings. The lowest BCUT2D eigenvalue weighted by atomic mass is 10.1. The van der Waals surface area contributed by atoms with Crippen LogP contribution in [-0.2, 0) is 35.8 Å². The molecule has 0 spiro atoms. The molecule has 2 aromatic rings. The molecule has 4 rings (SSSR count). The van der Waals surface area contributed by atoms with Gasteiger partial charge in [-0.3, -0.25) is 9.59 Å². The van der Waals surface area contributed by atoms with Crippen molar-refractivity contribution in [1.29, 1.82) is 0 Å². The number of rotatable bonds is 14. The summed E-state index contributed by atoms with van der Waals surface area (Å²) in [4.78, 5) is 57.4. The number of aliphatic hydroxyl groups excluding tert-OH is 1. The SMILES string of the molecule is NCc1ccc(CNC(=O)N2CCN(C(=O)CCCCC#CC#CCCCC(O)C(=O)N3CCN(C(=O)NCc4ccc(CN)cc4)CC3)CC2)cc1. The normalized spacial score (nSPS) is 14.7. The lowest BCUT2D eigenvalue weighted by Crippen LogP contribution is -2.54. The van der Waals surface area contributed by atoms with Crippen LogP contribution in [0.1, 0.15) is 67.2 Å². The topological polar surface area (TPSA) is 178 Å². The monoisotopic (exact) mass is 726 g/mol. The zero-order valence-corrected chi connectivity index (χ0v) is 30.7. The van der Waals surface area contributed by atoms with Crippen LogP contribution in [-0.4, -0.2) is 107 Å². The molecule has 2 aromatic carbocycles. The average Bonchev–Trinajstić information content (AvgIpc) is 3.21. The maximum absolute atomic E-state index is 12.7. The lowest BCUT2D eigenvalue weighted by Gasteiger charge is -2.35. The molecule has 2 aliphatic rings. The minimum absolute atomic E-state index is 0.102. The Morgan fingerprint density at radius 1 is 0.604 bits per heavy atom. The first-order chi connectivity index (χ1) is 25.8. The predicted molar refractivity (Wildman–Crippen MR) is 203 cm³/mol. The number of hydrogen-bond donors (Lipinski definition) is 5. The summed E-state index contributed by atoms with van der Waals surface area (Å²) >= 11 is 0. The molecule has 1 atom stereocenters. The highest BCUT2D eigenvalue weighted by atomic mass is 16.3. The van der Waals surface area contributed by atoms with E-state index in [-0.39, 0.29) is 23.9 Å². The van der Waals surface area contributed by atoms with Gasteiger partial charge in [0, 0.05) is 97.8 Å². The van der Waals surface area contributed by atoms with Gasteiger partial charge >= 0.3 is 12.1 Å². The van der Waals surface area contributed by atoms with E-state index in [9.17, 15) is 24.3 Å². The molecule has 0 aliphatic carbocycles. The van der Waals surface area contributed by atoms with Gasteiger partial charge in [-0.2, -0.15) is 0 Å². The molecule has 0 aromatic heterocycles. The standard InChI is InChI=1S/C40H54N8O5/c41-28-32-12-16-34(17-13-32)30-43-39(52)47-24-20-45(21-25-47)37(50)11-9-7-5-3-1-2-4-6-8-10-36(49)38(51)46-22-26-48(27-23-46)40(53)44-31-35-18-14-33(29-42)15-19-35/h12-19,36,49H,5-11,20-31,41-42H2,(H,43,52)(H,44,53). The van der Waals surface area contributed by atoms with Gasteiger partial charge in [0.2, 0.25) is 5.91 Å². The molecule has 1 unspecified atom stereocenters. The summed E-state index contributed by atoms with van der Waals surface area (Å²) in [5, 5.41) is 16.3. The van der Waals surface area contributed by atoms with Gasteiger partial charge in [-0.05, 0) is 59.8 Å². The van der Waals surface area contributed by atoms with Crippen LogP contribution in [0.3, 0.4) is 0 Å². The Bertz CT molecular complexity index is 1610. The number of nitrogens with one attached hydrogen (secondary N) is 2. The summed E-state index contributed by atoms with van der Waals surface area (Å²) in [6.45, 7) is 5.47. The Morgan fingerprint density at radius 3 is 1.49 bits per heavy atom. The maximum atomic E-state index is 12.7. The molecular weight excluding hydrogens is 672 g/mol. The van der Waals surface area contributed by atoms with Crippen LogP contribution >= 0.6 is 0 Å². The number of amides is 6. The number of nitrogens with two attached hydrogens (primary N) is 2. The largest absolute Gasteiger partial charge is 0.383 e. The Morgan fingerprint density at radius 2 is 1.02 bits per heavy atom. The summed E-state index contributed by atoms with van der Waals surface area (Å²) in [5.74, 6) is 11.5. The number of carbonyl (C=O) groups is 4. The second kappa shape index (κ2) is 22.1. The van der Waals surface area contributed by atoms with Gasteiger partial charge in [0.05, 0.1) is 0 Å². The highest BCUT2D eigenvalue weighted by Crippen LogP contribution is 2.11. The van der Waals surface area contributed by atoms with E-state index in [1.807, 2.05) is 53.4 Å². The highest BCUT2D eigenvalue weighted by molar-refractivity contribution is 5.81. The number of aliphatic hydroxyl groups is 1. The Balaban J connectivity index is 0.992. The molecule has 2 saturated heterocycles. The van der Waals surface area contributed by atoms with Crippen molar-refractivity contribution in [2.24, 2.45) is 11.5 Å². The molecule has 284 valence electrons. The van der Waals surface area contributed by atoms with Gasteiger partial charge in [0.15, 0.2) is 0 Å². The number of unbranched alkanes of at least 4 members (excludes halogenated alkanes) is 3. The van der Waals surface area contributed by atoms with Gasteiger partial charge < -0.3 is 46.8 Å². The molecule has 2 heterocycles. The van der Waals surface area contributed by atoms with E-state index in [1.165, 1.54) is 0 Å². The molecule has 0 bridgehead atoms. The lowest BCUT2D eigenvalue weighted by molar-refractivity contribution is -0.142. The van der Waals surface area contributed by atoms with Crippen LogP contribution in [0.4, 0.5) is 9.59 Å². The first-order valence-corrected chi connectivity index (χ1v) is 18.6. The summed E-state index contributed by atoms with van der Waals surface area (Å²) in [7, 11) is 0. The second-order valence-corrected chi connectivity index (χ2v) is 13.3. The van der Waals surface area contributed by atoms with Crippen LogP contribution in [0.5, 0.6) is 0 Å².